The van der Waals surface area contributed by atoms with E-state index in [1.165, 1.54) is 31.4 Å². The molecule has 5 nitrogen and oxygen atoms in total. The minimum Gasteiger partial charge on any atom is -0.460 e. The van der Waals surface area contributed by atoms with Gasteiger partial charge in [-0.2, -0.15) is 0 Å². The van der Waals surface area contributed by atoms with Crippen LogP contribution in [0.5, 0.6) is 0 Å². The van der Waals surface area contributed by atoms with Crippen LogP contribution in [0.3, 0.4) is 0 Å². The van der Waals surface area contributed by atoms with Crippen LogP contribution in [-0.2, 0) is 6.54 Å². The van der Waals surface area contributed by atoms with Crippen molar-refractivity contribution in [2.24, 2.45) is 0 Å². The molecule has 1 atom stereocenters. The van der Waals surface area contributed by atoms with E-state index in [4.69, 9.17) is 4.42 Å². The van der Waals surface area contributed by atoms with Crippen LogP contribution in [0, 0.1) is 18.6 Å². The molecule has 0 aliphatic carbocycles. The molecule has 1 fully saturated rings. The smallest absolute Gasteiger partial charge is 0.268 e. The van der Waals surface area contributed by atoms with Gasteiger partial charge in [0.1, 0.15) is 23.1 Å². The van der Waals surface area contributed by atoms with Crippen LogP contribution >= 0.6 is 0 Å². The van der Waals surface area contributed by atoms with Crippen LogP contribution in [-0.4, -0.2) is 41.1 Å². The molecule has 31 heavy (non-hydrogen) atoms. The summed E-state index contributed by atoms with van der Waals surface area (Å²) in [4.78, 5) is 15.4. The molecule has 1 unspecified atom stereocenters. The van der Waals surface area contributed by atoms with E-state index in [0.29, 0.717) is 35.2 Å². The number of hydrogen-bond donors (Lipinski definition) is 1. The standard InChI is InChI=1S/C24H29F2N3O2/c1-16-6-3-4-8-28(16)9-5-7-27-24(30)22-14-23-21(10-17(2)31-23)29(22)15-18-11-19(25)13-20(26)12-18/h10-14,16H,3-9,15H2,1-2H3,(H,27,30). The number of aromatic nitrogens is 1. The summed E-state index contributed by atoms with van der Waals surface area (Å²) in [6.45, 7) is 6.92. The van der Waals surface area contributed by atoms with Gasteiger partial charge in [-0.3, -0.25) is 4.79 Å². The Balaban J connectivity index is 1.46. The summed E-state index contributed by atoms with van der Waals surface area (Å²) in [5, 5.41) is 2.99. The molecule has 7 heteroatoms. The van der Waals surface area contributed by atoms with Gasteiger partial charge in [0, 0.05) is 43.9 Å². The zero-order valence-electron chi connectivity index (χ0n) is 18.1. The molecule has 0 saturated carbocycles. The van der Waals surface area contributed by atoms with Crippen molar-refractivity contribution >= 4 is 17.0 Å². The van der Waals surface area contributed by atoms with Gasteiger partial charge < -0.3 is 19.2 Å². The number of aryl methyl sites for hydroxylation is 1. The van der Waals surface area contributed by atoms with Crippen LogP contribution in [0.2, 0.25) is 0 Å². The molecule has 1 saturated heterocycles. The fourth-order valence-corrected chi connectivity index (χ4v) is 4.47. The first kappa shape index (κ1) is 21.6. The minimum absolute atomic E-state index is 0.172. The lowest BCUT2D eigenvalue weighted by molar-refractivity contribution is 0.0940. The second-order valence-electron chi connectivity index (χ2n) is 8.49. The Morgan fingerprint density at radius 1 is 1.16 bits per heavy atom. The molecule has 0 radical (unpaired) electrons. The van der Waals surface area contributed by atoms with Crippen molar-refractivity contribution in [3.63, 3.8) is 0 Å². The lowest BCUT2D eigenvalue weighted by Gasteiger charge is -2.33. The SMILES string of the molecule is Cc1cc2c(cc(C(=O)NCCCN3CCCCC3C)n2Cc2cc(F)cc(F)c2)o1. The van der Waals surface area contributed by atoms with Gasteiger partial charge in [-0.05, 0) is 57.4 Å². The highest BCUT2D eigenvalue weighted by Gasteiger charge is 2.20. The number of piperidine rings is 1. The monoisotopic (exact) mass is 429 g/mol. The lowest BCUT2D eigenvalue weighted by Crippen LogP contribution is -2.39. The number of amides is 1. The largest absolute Gasteiger partial charge is 0.460 e. The zero-order chi connectivity index (χ0) is 22.0. The highest BCUT2D eigenvalue weighted by Crippen LogP contribution is 2.25. The summed E-state index contributed by atoms with van der Waals surface area (Å²) >= 11 is 0. The predicted molar refractivity (Wildman–Crippen MR) is 116 cm³/mol. The Labute approximate surface area is 181 Å². The fourth-order valence-electron chi connectivity index (χ4n) is 4.47. The number of fused-ring (bicyclic) bond motifs is 1. The minimum atomic E-state index is -0.639. The van der Waals surface area contributed by atoms with Gasteiger partial charge in [-0.15, -0.1) is 0 Å². The Morgan fingerprint density at radius 2 is 1.94 bits per heavy atom. The van der Waals surface area contributed by atoms with Gasteiger partial charge in [0.15, 0.2) is 5.58 Å². The number of hydrogen-bond acceptors (Lipinski definition) is 3. The van der Waals surface area contributed by atoms with E-state index in [0.717, 1.165) is 31.1 Å². The second-order valence-corrected chi connectivity index (χ2v) is 8.49. The maximum atomic E-state index is 13.7. The van der Waals surface area contributed by atoms with Crippen LogP contribution in [0.25, 0.3) is 11.1 Å². The van der Waals surface area contributed by atoms with Crippen LogP contribution < -0.4 is 5.32 Å². The molecule has 1 aliphatic rings. The first-order chi connectivity index (χ1) is 14.9. The molecule has 0 spiro atoms. The van der Waals surface area contributed by atoms with E-state index in [1.54, 1.807) is 10.6 Å². The van der Waals surface area contributed by atoms with Crippen molar-refractivity contribution in [2.45, 2.75) is 52.1 Å². The van der Waals surface area contributed by atoms with Crippen molar-refractivity contribution in [1.29, 1.82) is 0 Å². The molecule has 4 rings (SSSR count). The van der Waals surface area contributed by atoms with E-state index in [1.807, 2.05) is 13.0 Å². The fraction of sp³-hybridized carbons (Fsp3) is 0.458. The predicted octanol–water partition coefficient (Wildman–Crippen LogP) is 4.86. The molecule has 2 aromatic heterocycles. The normalized spacial score (nSPS) is 17.4. The van der Waals surface area contributed by atoms with Gasteiger partial charge in [0.2, 0.25) is 0 Å². The van der Waals surface area contributed by atoms with E-state index in [2.05, 4.69) is 17.1 Å². The maximum absolute atomic E-state index is 13.7. The number of benzene rings is 1. The van der Waals surface area contributed by atoms with Crippen molar-refractivity contribution in [3.05, 3.63) is 59.0 Å². The summed E-state index contributed by atoms with van der Waals surface area (Å²) in [5.74, 6) is -0.779. The highest BCUT2D eigenvalue weighted by molar-refractivity contribution is 5.97. The van der Waals surface area contributed by atoms with E-state index in [9.17, 15) is 13.6 Å². The number of nitrogens with zero attached hydrogens (tertiary/aromatic N) is 2. The molecule has 0 bridgehead atoms. The molecule has 1 aromatic carbocycles. The molecule has 1 N–H and O–H groups in total. The average molecular weight is 430 g/mol. The highest BCUT2D eigenvalue weighted by atomic mass is 19.1. The quantitative estimate of drug-likeness (QED) is 0.546. The third-order valence-corrected chi connectivity index (χ3v) is 6.06. The second kappa shape index (κ2) is 9.22. The van der Waals surface area contributed by atoms with Crippen LogP contribution in [0.4, 0.5) is 8.78 Å². The number of furan rings is 1. The van der Waals surface area contributed by atoms with Crippen LogP contribution in [0.15, 0.2) is 34.7 Å². The van der Waals surface area contributed by atoms with Gasteiger partial charge in [0.25, 0.3) is 5.91 Å². The number of carbonyl (C=O) groups excluding carboxylic acids is 1. The summed E-state index contributed by atoms with van der Waals surface area (Å²) in [7, 11) is 0. The molecule has 3 aromatic rings. The maximum Gasteiger partial charge on any atom is 0.268 e. The number of likely N-dealkylation sites (tertiary alicyclic amines) is 1. The van der Waals surface area contributed by atoms with E-state index < -0.39 is 11.6 Å². The van der Waals surface area contributed by atoms with Gasteiger partial charge in [-0.25, -0.2) is 8.78 Å². The lowest BCUT2D eigenvalue weighted by atomic mass is 10.0. The Kier molecular flexibility index (Phi) is 6.41. The third-order valence-electron chi connectivity index (χ3n) is 6.06. The van der Waals surface area contributed by atoms with Crippen LogP contribution in [0.1, 0.15) is 54.4 Å². The zero-order valence-corrected chi connectivity index (χ0v) is 18.1. The Bertz CT molecular complexity index is 1050. The van der Waals surface area contributed by atoms with Crippen molar-refractivity contribution in [2.75, 3.05) is 19.6 Å². The molecule has 1 aliphatic heterocycles. The Hall–Kier alpha value is -2.67. The first-order valence-corrected chi connectivity index (χ1v) is 11.0. The molecular weight excluding hydrogens is 400 g/mol. The molecule has 1 amide bonds. The molecule has 166 valence electrons. The Morgan fingerprint density at radius 3 is 2.68 bits per heavy atom. The summed E-state index contributed by atoms with van der Waals surface area (Å²) in [6, 6.07) is 7.53. The van der Waals surface area contributed by atoms with Gasteiger partial charge >= 0.3 is 0 Å². The van der Waals surface area contributed by atoms with Gasteiger partial charge in [-0.1, -0.05) is 6.42 Å². The number of halogens is 2. The summed E-state index contributed by atoms with van der Waals surface area (Å²) in [6.07, 6.45) is 4.64. The topological polar surface area (TPSA) is 50.4 Å². The van der Waals surface area contributed by atoms with Gasteiger partial charge in [0.05, 0.1) is 5.52 Å². The number of rotatable bonds is 7. The average Bonchev–Trinajstić information content (AvgIpc) is 3.22. The molecular formula is C24H29F2N3O2. The number of nitrogens with one attached hydrogen (secondary N) is 1. The first-order valence-electron chi connectivity index (χ1n) is 11.0. The summed E-state index contributed by atoms with van der Waals surface area (Å²) < 4.78 is 34.8. The van der Waals surface area contributed by atoms with E-state index >= 15 is 0 Å². The van der Waals surface area contributed by atoms with Crippen molar-refractivity contribution < 1.29 is 18.0 Å². The molecule has 3 heterocycles. The van der Waals surface area contributed by atoms with E-state index in [-0.39, 0.29) is 12.5 Å². The third kappa shape index (κ3) is 4.98. The van der Waals surface area contributed by atoms with Crippen molar-refractivity contribution in [3.8, 4) is 0 Å². The summed E-state index contributed by atoms with van der Waals surface area (Å²) in [5.41, 5.74) is 2.18. The van der Waals surface area contributed by atoms with Crippen molar-refractivity contribution in [1.82, 2.24) is 14.8 Å². The number of carbonyl (C=O) groups is 1.